The molecule has 2 aliphatic rings. The summed E-state index contributed by atoms with van der Waals surface area (Å²) in [5, 5.41) is 15.6. The van der Waals surface area contributed by atoms with Crippen LogP contribution in [0.3, 0.4) is 0 Å². The Morgan fingerprint density at radius 1 is 0.900 bits per heavy atom. The van der Waals surface area contributed by atoms with E-state index in [0.29, 0.717) is 37.3 Å². The van der Waals surface area contributed by atoms with Gasteiger partial charge in [0, 0.05) is 25.0 Å². The van der Waals surface area contributed by atoms with Gasteiger partial charge in [-0.05, 0) is 61.4 Å². The van der Waals surface area contributed by atoms with Crippen molar-refractivity contribution in [2.45, 2.75) is 44.2 Å². The third kappa shape index (κ3) is 5.73. The Morgan fingerprint density at radius 3 is 2.17 bits per heavy atom. The van der Waals surface area contributed by atoms with Crippen molar-refractivity contribution >= 4 is 23.5 Å². The smallest absolute Gasteiger partial charge is 0.435 e. The molecule has 2 amide bonds. The number of piperidine rings is 1. The van der Waals surface area contributed by atoms with Gasteiger partial charge in [-0.2, -0.15) is 18.3 Å². The third-order valence-electron chi connectivity index (χ3n) is 7.85. The van der Waals surface area contributed by atoms with Gasteiger partial charge in [-0.3, -0.25) is 14.4 Å². The van der Waals surface area contributed by atoms with Gasteiger partial charge < -0.3 is 15.3 Å². The minimum Gasteiger partial charge on any atom is -0.481 e. The number of nitrogens with one attached hydrogen (secondary N) is 1. The molecule has 2 aromatic carbocycles. The van der Waals surface area contributed by atoms with E-state index in [4.69, 9.17) is 0 Å². The van der Waals surface area contributed by atoms with Crippen LogP contribution < -0.4 is 5.32 Å². The molecule has 2 heterocycles. The van der Waals surface area contributed by atoms with Crippen LogP contribution in [0.15, 0.2) is 60.8 Å². The number of halogens is 3. The molecule has 11 heteroatoms. The van der Waals surface area contributed by atoms with Crippen LogP contribution in [-0.4, -0.2) is 50.7 Å². The molecule has 1 saturated heterocycles. The first kappa shape index (κ1) is 27.4. The summed E-state index contributed by atoms with van der Waals surface area (Å²) in [5.74, 6) is -2.77. The fraction of sp³-hybridized carbons (Fsp3) is 0.379. The number of carboxylic acids is 1. The number of carbonyl (C=O) groups is 3. The second-order valence-electron chi connectivity index (χ2n) is 10.3. The number of aromatic nitrogens is 2. The number of aliphatic carboxylic acids is 1. The van der Waals surface area contributed by atoms with Crippen molar-refractivity contribution < 1.29 is 32.7 Å². The number of carbonyl (C=O) groups excluding carboxylic acids is 2. The Hall–Kier alpha value is -4.15. The maximum absolute atomic E-state index is 13.6. The minimum atomic E-state index is -4.81. The average molecular weight is 555 g/mol. The first-order valence-electron chi connectivity index (χ1n) is 13.3. The van der Waals surface area contributed by atoms with E-state index in [0.717, 1.165) is 35.7 Å². The Bertz CT molecular complexity index is 1380. The van der Waals surface area contributed by atoms with Crippen LogP contribution in [0, 0.1) is 11.8 Å². The highest BCUT2D eigenvalue weighted by Gasteiger charge is 2.41. The number of hydrogen-bond donors (Lipinski definition) is 2. The summed E-state index contributed by atoms with van der Waals surface area (Å²) in [6, 6.07) is 15.2. The van der Waals surface area contributed by atoms with E-state index in [1.54, 1.807) is 47.4 Å². The van der Waals surface area contributed by atoms with E-state index in [2.05, 4.69) is 10.4 Å². The minimum absolute atomic E-state index is 0.0739. The van der Waals surface area contributed by atoms with Gasteiger partial charge in [-0.15, -0.1) is 0 Å². The first-order chi connectivity index (χ1) is 19.1. The lowest BCUT2D eigenvalue weighted by atomic mass is 9.88. The molecule has 2 atom stereocenters. The number of amides is 2. The molecule has 8 nitrogen and oxygen atoms in total. The maximum atomic E-state index is 13.6. The van der Waals surface area contributed by atoms with Gasteiger partial charge in [-0.1, -0.05) is 36.8 Å². The lowest BCUT2D eigenvalue weighted by Crippen LogP contribution is -2.43. The van der Waals surface area contributed by atoms with Crippen LogP contribution in [0.1, 0.15) is 59.6 Å². The SMILES string of the molecule is O=C(Nc1ccc(C2CCN(C(=O)C3CCCC3C(=O)O)CC2)cc1)c1cn(-c2ccccc2)nc1C(F)(F)F. The highest BCUT2D eigenvalue weighted by molar-refractivity contribution is 6.05. The van der Waals surface area contributed by atoms with Crippen molar-refractivity contribution in [2.24, 2.45) is 11.8 Å². The summed E-state index contributed by atoms with van der Waals surface area (Å²) in [4.78, 5) is 39.0. The van der Waals surface area contributed by atoms with Crippen molar-refractivity contribution in [3.8, 4) is 5.69 Å². The van der Waals surface area contributed by atoms with Crippen molar-refractivity contribution in [1.29, 1.82) is 0 Å². The molecule has 1 aliphatic heterocycles. The van der Waals surface area contributed by atoms with Crippen LogP contribution in [0.4, 0.5) is 18.9 Å². The lowest BCUT2D eigenvalue weighted by molar-refractivity contribution is -0.149. The predicted octanol–water partition coefficient (Wildman–Crippen LogP) is 5.35. The average Bonchev–Trinajstić information content (AvgIpc) is 3.62. The number of carboxylic acid groups (broad SMARTS) is 1. The lowest BCUT2D eigenvalue weighted by Gasteiger charge is -2.34. The first-order valence-corrected chi connectivity index (χ1v) is 13.3. The van der Waals surface area contributed by atoms with E-state index < -0.39 is 41.1 Å². The van der Waals surface area contributed by atoms with Crippen LogP contribution in [0.2, 0.25) is 0 Å². The monoisotopic (exact) mass is 554 g/mol. The molecule has 2 N–H and O–H groups in total. The molecule has 2 unspecified atom stereocenters. The van der Waals surface area contributed by atoms with E-state index in [1.165, 1.54) is 0 Å². The van der Waals surface area contributed by atoms with Crippen LogP contribution in [0.5, 0.6) is 0 Å². The van der Waals surface area contributed by atoms with Gasteiger partial charge in [0.1, 0.15) is 0 Å². The summed E-state index contributed by atoms with van der Waals surface area (Å²) in [6.45, 7) is 1.08. The van der Waals surface area contributed by atoms with Gasteiger partial charge >= 0.3 is 12.1 Å². The third-order valence-corrected chi connectivity index (χ3v) is 7.85. The fourth-order valence-corrected chi connectivity index (χ4v) is 5.72. The summed E-state index contributed by atoms with van der Waals surface area (Å²) in [7, 11) is 0. The molecule has 1 aliphatic carbocycles. The fourth-order valence-electron chi connectivity index (χ4n) is 5.72. The summed E-state index contributed by atoms with van der Waals surface area (Å²) in [5.41, 5.74) is -0.0943. The molecule has 0 radical (unpaired) electrons. The second kappa shape index (κ2) is 11.1. The zero-order chi connectivity index (χ0) is 28.4. The Labute approximate surface area is 228 Å². The van der Waals surface area contributed by atoms with E-state index in [-0.39, 0.29) is 11.8 Å². The molecule has 0 bridgehead atoms. The molecular formula is C29H29F3N4O4. The van der Waals surface area contributed by atoms with Gasteiger partial charge in [0.15, 0.2) is 5.69 Å². The van der Waals surface area contributed by atoms with Crippen molar-refractivity contribution in [2.75, 3.05) is 18.4 Å². The van der Waals surface area contributed by atoms with Gasteiger partial charge in [0.25, 0.3) is 5.91 Å². The van der Waals surface area contributed by atoms with Crippen molar-refractivity contribution in [3.63, 3.8) is 0 Å². The molecule has 40 heavy (non-hydrogen) atoms. The number of benzene rings is 2. The van der Waals surface area contributed by atoms with E-state index >= 15 is 0 Å². The quantitative estimate of drug-likeness (QED) is 0.428. The number of alkyl halides is 3. The topological polar surface area (TPSA) is 105 Å². The molecule has 2 fully saturated rings. The van der Waals surface area contributed by atoms with Crippen molar-refractivity contribution in [3.05, 3.63) is 77.6 Å². The van der Waals surface area contributed by atoms with E-state index in [1.807, 2.05) is 12.1 Å². The highest BCUT2D eigenvalue weighted by atomic mass is 19.4. The Morgan fingerprint density at radius 2 is 1.55 bits per heavy atom. The largest absolute Gasteiger partial charge is 0.481 e. The van der Waals surface area contributed by atoms with E-state index in [9.17, 15) is 32.7 Å². The second-order valence-corrected chi connectivity index (χ2v) is 10.3. The van der Waals surface area contributed by atoms with Crippen LogP contribution >= 0.6 is 0 Å². The number of likely N-dealkylation sites (tertiary alicyclic amines) is 1. The molecule has 1 aromatic heterocycles. The molecule has 0 spiro atoms. The molecule has 210 valence electrons. The van der Waals surface area contributed by atoms with Gasteiger partial charge in [-0.25, -0.2) is 4.68 Å². The number of anilines is 1. The van der Waals surface area contributed by atoms with Gasteiger partial charge in [0.05, 0.1) is 23.1 Å². The molecule has 3 aromatic rings. The normalized spacial score (nSPS) is 19.9. The molecule has 1 saturated carbocycles. The number of nitrogens with zero attached hydrogens (tertiary/aromatic N) is 3. The summed E-state index contributed by atoms with van der Waals surface area (Å²) >= 11 is 0. The summed E-state index contributed by atoms with van der Waals surface area (Å²) in [6.07, 6.45) is -0.399. The molecule has 5 rings (SSSR count). The number of para-hydroxylation sites is 1. The standard InChI is InChI=1S/C29H29F3N4O4/c30-29(31,32)25-24(17-36(34-25)21-5-2-1-3-6-21)26(37)33-20-11-9-18(10-12-20)19-13-15-35(16-14-19)27(38)22-7-4-8-23(22)28(39)40/h1-3,5-6,9-12,17,19,22-23H,4,7-8,13-16H2,(H,33,37)(H,39,40). The Balaban J connectivity index is 1.22. The molecular weight excluding hydrogens is 525 g/mol. The van der Waals surface area contributed by atoms with Crippen LogP contribution in [-0.2, 0) is 15.8 Å². The van der Waals surface area contributed by atoms with Crippen molar-refractivity contribution in [1.82, 2.24) is 14.7 Å². The zero-order valence-corrected chi connectivity index (χ0v) is 21.6. The maximum Gasteiger partial charge on any atom is 0.435 e. The number of rotatable bonds is 6. The number of hydrogen-bond acceptors (Lipinski definition) is 4. The van der Waals surface area contributed by atoms with Gasteiger partial charge in [0.2, 0.25) is 5.91 Å². The predicted molar refractivity (Wildman–Crippen MR) is 140 cm³/mol. The van der Waals surface area contributed by atoms with Crippen LogP contribution in [0.25, 0.3) is 5.69 Å². The highest BCUT2D eigenvalue weighted by Crippen LogP contribution is 2.36. The summed E-state index contributed by atoms with van der Waals surface area (Å²) < 4.78 is 42.0. The Kier molecular flexibility index (Phi) is 7.64. The zero-order valence-electron chi connectivity index (χ0n) is 21.6.